The van der Waals surface area contributed by atoms with Gasteiger partial charge in [0.15, 0.2) is 0 Å². The molecule has 146 valence electrons. The van der Waals surface area contributed by atoms with E-state index in [4.69, 9.17) is 11.6 Å². The molecule has 0 aromatic heterocycles. The van der Waals surface area contributed by atoms with Crippen molar-refractivity contribution in [3.8, 4) is 0 Å². The summed E-state index contributed by atoms with van der Waals surface area (Å²) >= 11 is 6.13. The van der Waals surface area contributed by atoms with Gasteiger partial charge in [-0.25, -0.2) is 8.42 Å². The predicted molar refractivity (Wildman–Crippen MR) is 113 cm³/mol. The summed E-state index contributed by atoms with van der Waals surface area (Å²) < 4.78 is 25.4. The summed E-state index contributed by atoms with van der Waals surface area (Å²) in [6.45, 7) is 0.0961. The molecule has 0 spiro atoms. The van der Waals surface area contributed by atoms with Crippen LogP contribution in [0.3, 0.4) is 0 Å². The van der Waals surface area contributed by atoms with Crippen LogP contribution in [-0.4, -0.2) is 31.4 Å². The van der Waals surface area contributed by atoms with Crippen LogP contribution in [0.4, 0.5) is 0 Å². The zero-order chi connectivity index (χ0) is 20.1. The first-order valence-electron chi connectivity index (χ1n) is 8.76. The summed E-state index contributed by atoms with van der Waals surface area (Å²) in [7, 11) is -3.58. The fourth-order valence-corrected chi connectivity index (χ4v) is 3.88. The number of benzene rings is 3. The van der Waals surface area contributed by atoms with Crippen molar-refractivity contribution in [1.29, 1.82) is 0 Å². The molecule has 0 aliphatic heterocycles. The number of sulfonamides is 1. The van der Waals surface area contributed by atoms with Crippen LogP contribution in [0.15, 0.2) is 66.7 Å². The van der Waals surface area contributed by atoms with Crippen LogP contribution in [0.1, 0.15) is 11.1 Å². The lowest BCUT2D eigenvalue weighted by molar-refractivity contribution is -0.121. The molecule has 0 unspecified atom stereocenters. The van der Waals surface area contributed by atoms with Crippen LogP contribution in [0, 0.1) is 0 Å². The third kappa shape index (κ3) is 5.10. The van der Waals surface area contributed by atoms with Gasteiger partial charge in [0.05, 0.1) is 12.8 Å². The van der Waals surface area contributed by atoms with E-state index in [0.29, 0.717) is 17.1 Å². The number of rotatable bonds is 7. The molecule has 0 fully saturated rings. The molecule has 0 saturated carbocycles. The summed E-state index contributed by atoms with van der Waals surface area (Å²) in [5, 5.41) is 5.43. The Morgan fingerprint density at radius 2 is 1.61 bits per heavy atom. The zero-order valence-corrected chi connectivity index (χ0v) is 17.0. The Morgan fingerprint density at radius 1 is 0.964 bits per heavy atom. The number of hydrogen-bond donors (Lipinski definition) is 1. The highest BCUT2D eigenvalue weighted by Crippen LogP contribution is 2.19. The smallest absolute Gasteiger partial charge is 0.235 e. The number of amides is 1. The van der Waals surface area contributed by atoms with Crippen molar-refractivity contribution in [3.05, 3.63) is 82.9 Å². The van der Waals surface area contributed by atoms with E-state index in [1.807, 2.05) is 42.5 Å². The van der Waals surface area contributed by atoms with Crippen molar-refractivity contribution in [1.82, 2.24) is 9.62 Å². The lowest BCUT2D eigenvalue weighted by Crippen LogP contribution is -2.39. The first kappa shape index (κ1) is 20.3. The highest BCUT2D eigenvalue weighted by Gasteiger charge is 2.21. The van der Waals surface area contributed by atoms with E-state index in [2.05, 4.69) is 5.32 Å². The van der Waals surface area contributed by atoms with Gasteiger partial charge in [0.2, 0.25) is 15.9 Å². The second kappa shape index (κ2) is 8.73. The molecule has 3 rings (SSSR count). The quantitative estimate of drug-likeness (QED) is 0.640. The van der Waals surface area contributed by atoms with Crippen molar-refractivity contribution in [2.75, 3.05) is 12.8 Å². The van der Waals surface area contributed by atoms with Crippen molar-refractivity contribution in [2.24, 2.45) is 0 Å². The average Bonchev–Trinajstić information content (AvgIpc) is 2.66. The van der Waals surface area contributed by atoms with Gasteiger partial charge in [-0.2, -0.15) is 4.31 Å². The molecule has 0 aliphatic rings. The maximum Gasteiger partial charge on any atom is 0.235 e. The molecule has 28 heavy (non-hydrogen) atoms. The summed E-state index contributed by atoms with van der Waals surface area (Å²) in [6, 6.07) is 20.8. The monoisotopic (exact) mass is 416 g/mol. The summed E-state index contributed by atoms with van der Waals surface area (Å²) in [5.74, 6) is -0.370. The second-order valence-electron chi connectivity index (χ2n) is 6.54. The summed E-state index contributed by atoms with van der Waals surface area (Å²) in [6.07, 6.45) is 1.09. The van der Waals surface area contributed by atoms with Gasteiger partial charge in [0.1, 0.15) is 0 Å². The number of nitrogens with one attached hydrogen (secondary N) is 1. The van der Waals surface area contributed by atoms with Gasteiger partial charge < -0.3 is 5.32 Å². The Labute approximate surface area is 170 Å². The molecule has 0 bridgehead atoms. The number of fused-ring (bicyclic) bond motifs is 1. The molecule has 0 saturated heterocycles. The van der Waals surface area contributed by atoms with Gasteiger partial charge in [-0.3, -0.25) is 4.79 Å². The number of nitrogens with zero attached hydrogens (tertiary/aromatic N) is 1. The van der Waals surface area contributed by atoms with Crippen LogP contribution in [-0.2, 0) is 27.9 Å². The Balaban J connectivity index is 1.69. The first-order chi connectivity index (χ1) is 13.3. The molecule has 0 heterocycles. The van der Waals surface area contributed by atoms with Crippen LogP contribution in [0.5, 0.6) is 0 Å². The number of halogens is 1. The normalized spacial score (nSPS) is 11.7. The van der Waals surface area contributed by atoms with E-state index in [9.17, 15) is 13.2 Å². The minimum Gasteiger partial charge on any atom is -0.351 e. The molecule has 3 aromatic carbocycles. The van der Waals surface area contributed by atoms with Gasteiger partial charge in [0, 0.05) is 18.1 Å². The third-order valence-electron chi connectivity index (χ3n) is 4.45. The number of carbonyl (C=O) groups excluding carboxylic acids is 1. The maximum absolute atomic E-state index is 12.4. The molecule has 1 amide bonds. The van der Waals surface area contributed by atoms with E-state index in [0.717, 1.165) is 26.9 Å². The SMILES string of the molecule is CS(=O)(=O)N(CC(=O)NCc1cccc2ccccc12)Cc1ccccc1Cl. The van der Waals surface area contributed by atoms with Crippen molar-refractivity contribution in [3.63, 3.8) is 0 Å². The average molecular weight is 417 g/mol. The number of hydrogen-bond acceptors (Lipinski definition) is 3. The van der Waals surface area contributed by atoms with Gasteiger partial charge in [-0.05, 0) is 28.0 Å². The van der Waals surface area contributed by atoms with Crippen molar-refractivity contribution in [2.45, 2.75) is 13.1 Å². The Hall–Kier alpha value is -2.41. The van der Waals surface area contributed by atoms with Crippen LogP contribution in [0.2, 0.25) is 5.02 Å². The van der Waals surface area contributed by atoms with E-state index in [1.165, 1.54) is 0 Å². The second-order valence-corrected chi connectivity index (χ2v) is 8.93. The van der Waals surface area contributed by atoms with Gasteiger partial charge in [0.25, 0.3) is 0 Å². The molecule has 3 aromatic rings. The van der Waals surface area contributed by atoms with E-state index in [-0.39, 0.29) is 19.0 Å². The highest BCUT2D eigenvalue weighted by molar-refractivity contribution is 7.88. The molecule has 0 atom stereocenters. The molecule has 5 nitrogen and oxygen atoms in total. The molecule has 1 N–H and O–H groups in total. The fourth-order valence-electron chi connectivity index (χ4n) is 2.96. The zero-order valence-electron chi connectivity index (χ0n) is 15.4. The van der Waals surface area contributed by atoms with Crippen LogP contribution in [0.25, 0.3) is 10.8 Å². The lowest BCUT2D eigenvalue weighted by Gasteiger charge is -2.20. The largest absolute Gasteiger partial charge is 0.351 e. The fraction of sp³-hybridized carbons (Fsp3) is 0.190. The molecule has 0 aliphatic carbocycles. The molecule has 7 heteroatoms. The number of carbonyl (C=O) groups is 1. The van der Waals surface area contributed by atoms with E-state index in [1.54, 1.807) is 24.3 Å². The molecular formula is C21H21ClN2O3S. The maximum atomic E-state index is 12.4. The van der Waals surface area contributed by atoms with Gasteiger partial charge >= 0.3 is 0 Å². The van der Waals surface area contributed by atoms with Crippen LogP contribution < -0.4 is 5.32 Å². The minimum absolute atomic E-state index is 0.0419. The first-order valence-corrected chi connectivity index (χ1v) is 11.0. The molecular weight excluding hydrogens is 396 g/mol. The van der Waals surface area contributed by atoms with Crippen molar-refractivity contribution >= 4 is 38.3 Å². The Kier molecular flexibility index (Phi) is 6.34. The van der Waals surface area contributed by atoms with Crippen molar-refractivity contribution < 1.29 is 13.2 Å². The third-order valence-corrected chi connectivity index (χ3v) is 6.01. The van der Waals surface area contributed by atoms with Gasteiger partial charge in [-0.1, -0.05) is 72.3 Å². The highest BCUT2D eigenvalue weighted by atomic mass is 35.5. The molecule has 0 radical (unpaired) electrons. The summed E-state index contributed by atoms with van der Waals surface area (Å²) in [5.41, 5.74) is 1.62. The van der Waals surface area contributed by atoms with E-state index >= 15 is 0 Å². The van der Waals surface area contributed by atoms with Gasteiger partial charge in [-0.15, -0.1) is 0 Å². The van der Waals surface area contributed by atoms with Crippen LogP contribution >= 0.6 is 11.6 Å². The van der Waals surface area contributed by atoms with E-state index < -0.39 is 10.0 Å². The Bertz CT molecular complexity index is 1090. The lowest BCUT2D eigenvalue weighted by atomic mass is 10.0. The topological polar surface area (TPSA) is 66.5 Å². The predicted octanol–water partition coefficient (Wildman–Crippen LogP) is 3.57. The minimum atomic E-state index is -3.58. The standard InChI is InChI=1S/C21H21ClN2O3S/c1-28(26,27)24(14-18-8-3-5-12-20(18)22)15-21(25)23-13-17-10-6-9-16-7-2-4-11-19(16)17/h2-12H,13-15H2,1H3,(H,23,25). The summed E-state index contributed by atoms with van der Waals surface area (Å²) in [4.78, 5) is 12.4. The Morgan fingerprint density at radius 3 is 2.36 bits per heavy atom.